The van der Waals surface area contributed by atoms with Crippen molar-refractivity contribution >= 4 is 17.5 Å². The average Bonchev–Trinajstić information content (AvgIpc) is 2.73. The Morgan fingerprint density at radius 3 is 2.82 bits per heavy atom. The molecule has 0 unspecified atom stereocenters. The Morgan fingerprint density at radius 1 is 1.25 bits per heavy atom. The number of pyridine rings is 1. The summed E-state index contributed by atoms with van der Waals surface area (Å²) in [5.74, 6) is 2.55. The number of anilines is 3. The molecule has 0 aliphatic carbocycles. The molecule has 2 aromatic rings. The van der Waals surface area contributed by atoms with Gasteiger partial charge in [0.05, 0.1) is 24.5 Å². The van der Waals surface area contributed by atoms with Crippen LogP contribution in [0.4, 0.5) is 17.5 Å². The van der Waals surface area contributed by atoms with Crippen LogP contribution in [-0.2, 0) is 17.8 Å². The summed E-state index contributed by atoms with van der Waals surface area (Å²) in [5.41, 5.74) is 2.75. The molecular weight excluding hydrogens is 354 g/mol. The number of fused-ring (bicyclic) bond motifs is 1. The lowest BCUT2D eigenvalue weighted by molar-refractivity contribution is 0.109. The van der Waals surface area contributed by atoms with Crippen LogP contribution in [0, 0.1) is 11.3 Å². The highest BCUT2D eigenvalue weighted by atomic mass is 16.5. The van der Waals surface area contributed by atoms with Crippen LogP contribution in [0.5, 0.6) is 0 Å². The fourth-order valence-electron chi connectivity index (χ4n) is 3.71. The summed E-state index contributed by atoms with van der Waals surface area (Å²) in [5, 5.41) is 13.1. The first kappa shape index (κ1) is 18.4. The van der Waals surface area contributed by atoms with Crippen molar-refractivity contribution < 1.29 is 4.74 Å². The van der Waals surface area contributed by atoms with E-state index < -0.39 is 0 Å². The molecule has 2 aromatic heterocycles. The zero-order valence-electron chi connectivity index (χ0n) is 16.4. The third-order valence-electron chi connectivity index (χ3n) is 5.29. The van der Waals surface area contributed by atoms with Crippen molar-refractivity contribution in [3.8, 4) is 6.07 Å². The van der Waals surface area contributed by atoms with E-state index in [0.29, 0.717) is 24.8 Å². The Labute approximate surface area is 165 Å². The molecule has 0 saturated carbocycles. The van der Waals surface area contributed by atoms with E-state index in [-0.39, 0.29) is 0 Å². The van der Waals surface area contributed by atoms with Gasteiger partial charge in [0, 0.05) is 51.3 Å². The normalized spacial score (nSPS) is 17.0. The predicted molar refractivity (Wildman–Crippen MR) is 108 cm³/mol. The van der Waals surface area contributed by atoms with E-state index in [9.17, 15) is 5.26 Å². The summed E-state index contributed by atoms with van der Waals surface area (Å²) >= 11 is 0. The van der Waals surface area contributed by atoms with E-state index in [1.165, 1.54) is 0 Å². The Hall–Kier alpha value is -2.92. The van der Waals surface area contributed by atoms with Gasteiger partial charge in [0.1, 0.15) is 29.9 Å². The summed E-state index contributed by atoms with van der Waals surface area (Å²) in [7, 11) is 3.93. The smallest absolute Gasteiger partial charge is 0.146 e. The maximum absolute atomic E-state index is 9.58. The van der Waals surface area contributed by atoms with Crippen molar-refractivity contribution in [3.63, 3.8) is 0 Å². The van der Waals surface area contributed by atoms with Gasteiger partial charge in [0.25, 0.3) is 0 Å². The molecule has 8 nitrogen and oxygen atoms in total. The summed E-state index contributed by atoms with van der Waals surface area (Å²) in [6.45, 7) is 2.98. The molecule has 0 atom stereocenters. The molecule has 0 amide bonds. The van der Waals surface area contributed by atoms with E-state index in [1.807, 2.05) is 31.1 Å². The van der Waals surface area contributed by atoms with Gasteiger partial charge in [-0.2, -0.15) is 5.26 Å². The van der Waals surface area contributed by atoms with E-state index in [1.54, 1.807) is 6.33 Å². The largest absolute Gasteiger partial charge is 0.376 e. The summed E-state index contributed by atoms with van der Waals surface area (Å²) in [4.78, 5) is 17.6. The van der Waals surface area contributed by atoms with Gasteiger partial charge < -0.3 is 19.9 Å². The number of ether oxygens (including phenoxy) is 1. The van der Waals surface area contributed by atoms with Crippen molar-refractivity contribution in [3.05, 3.63) is 35.3 Å². The molecule has 0 spiro atoms. The molecular formula is C20H25N7O. The number of aromatic nitrogens is 3. The topological polar surface area (TPSA) is 90.2 Å². The predicted octanol–water partition coefficient (Wildman–Crippen LogP) is 1.96. The van der Waals surface area contributed by atoms with Gasteiger partial charge in [-0.1, -0.05) is 0 Å². The van der Waals surface area contributed by atoms with Crippen molar-refractivity contribution in [2.75, 3.05) is 48.9 Å². The molecule has 146 valence electrons. The van der Waals surface area contributed by atoms with E-state index in [0.717, 1.165) is 61.1 Å². The van der Waals surface area contributed by atoms with Crippen LogP contribution in [0.1, 0.15) is 29.7 Å². The Kier molecular flexibility index (Phi) is 5.26. The molecule has 4 heterocycles. The van der Waals surface area contributed by atoms with Gasteiger partial charge in [-0.15, -0.1) is 0 Å². The fraction of sp³-hybridized carbons (Fsp3) is 0.500. The molecule has 8 heteroatoms. The molecule has 28 heavy (non-hydrogen) atoms. The molecule has 0 bridgehead atoms. The van der Waals surface area contributed by atoms with Crippen molar-refractivity contribution in [2.45, 2.75) is 31.9 Å². The first-order valence-corrected chi connectivity index (χ1v) is 9.65. The minimum atomic E-state index is 0.345. The summed E-state index contributed by atoms with van der Waals surface area (Å²) in [6.07, 6.45) is 4.34. The van der Waals surface area contributed by atoms with Crippen LogP contribution in [0.2, 0.25) is 0 Å². The SMILES string of the molecule is CN(C)c1cc(NC2CCN(c3nc4c(cc3C#N)COCC4)CC2)ncn1. The molecule has 1 fully saturated rings. The van der Waals surface area contributed by atoms with Crippen LogP contribution in [0.25, 0.3) is 0 Å². The standard InChI is InChI=1S/C20H25N7O/c1-26(2)19-10-18(22-13-23-19)24-16-3-6-27(7-4-16)20-14(11-21)9-15-12-28-8-5-17(15)25-20/h9-10,13,16H,3-8,12H2,1-2H3,(H,22,23,24). The Balaban J connectivity index is 1.43. The second kappa shape index (κ2) is 7.98. The zero-order chi connectivity index (χ0) is 19.5. The van der Waals surface area contributed by atoms with Gasteiger partial charge in [-0.25, -0.2) is 15.0 Å². The minimum Gasteiger partial charge on any atom is -0.376 e. The quantitative estimate of drug-likeness (QED) is 0.862. The number of hydrogen-bond acceptors (Lipinski definition) is 8. The lowest BCUT2D eigenvalue weighted by Gasteiger charge is -2.34. The molecule has 0 radical (unpaired) electrons. The number of hydrogen-bond donors (Lipinski definition) is 1. The maximum atomic E-state index is 9.58. The second-order valence-electron chi connectivity index (χ2n) is 7.44. The second-order valence-corrected chi connectivity index (χ2v) is 7.44. The first-order chi connectivity index (χ1) is 13.6. The molecule has 4 rings (SSSR count). The summed E-state index contributed by atoms with van der Waals surface area (Å²) < 4.78 is 5.49. The number of rotatable bonds is 4. The average molecular weight is 379 g/mol. The number of nitriles is 1. The zero-order valence-corrected chi connectivity index (χ0v) is 16.4. The van der Waals surface area contributed by atoms with Crippen molar-refractivity contribution in [1.82, 2.24) is 15.0 Å². The minimum absolute atomic E-state index is 0.345. The van der Waals surface area contributed by atoms with Gasteiger partial charge in [0.15, 0.2) is 0 Å². The van der Waals surface area contributed by atoms with Gasteiger partial charge in [-0.05, 0) is 18.9 Å². The monoisotopic (exact) mass is 379 g/mol. The molecule has 2 aliphatic rings. The molecule has 1 N–H and O–H groups in total. The van der Waals surface area contributed by atoms with Crippen molar-refractivity contribution in [2.24, 2.45) is 0 Å². The first-order valence-electron chi connectivity index (χ1n) is 9.65. The third-order valence-corrected chi connectivity index (χ3v) is 5.29. The fourth-order valence-corrected chi connectivity index (χ4v) is 3.71. The summed E-state index contributed by atoms with van der Waals surface area (Å²) in [6, 6.07) is 6.57. The van der Waals surface area contributed by atoms with Gasteiger partial charge in [-0.3, -0.25) is 0 Å². The highest BCUT2D eigenvalue weighted by Gasteiger charge is 2.24. The lowest BCUT2D eigenvalue weighted by atomic mass is 10.0. The van der Waals surface area contributed by atoms with E-state index in [4.69, 9.17) is 9.72 Å². The van der Waals surface area contributed by atoms with E-state index >= 15 is 0 Å². The Morgan fingerprint density at radius 2 is 2.07 bits per heavy atom. The highest BCUT2D eigenvalue weighted by molar-refractivity contribution is 5.57. The molecule has 1 saturated heterocycles. The van der Waals surface area contributed by atoms with Crippen molar-refractivity contribution in [1.29, 1.82) is 5.26 Å². The van der Waals surface area contributed by atoms with Crippen LogP contribution in [0.3, 0.4) is 0 Å². The number of nitrogens with one attached hydrogen (secondary N) is 1. The molecule has 2 aliphatic heterocycles. The number of piperidine rings is 1. The highest BCUT2D eigenvalue weighted by Crippen LogP contribution is 2.27. The number of nitrogens with zero attached hydrogens (tertiary/aromatic N) is 6. The lowest BCUT2D eigenvalue weighted by Crippen LogP contribution is -2.40. The van der Waals surface area contributed by atoms with Crippen LogP contribution < -0.4 is 15.1 Å². The van der Waals surface area contributed by atoms with Gasteiger partial charge in [0.2, 0.25) is 0 Å². The third kappa shape index (κ3) is 3.85. The van der Waals surface area contributed by atoms with Crippen LogP contribution in [-0.4, -0.2) is 54.8 Å². The van der Waals surface area contributed by atoms with Crippen LogP contribution >= 0.6 is 0 Å². The van der Waals surface area contributed by atoms with E-state index in [2.05, 4.69) is 26.3 Å². The van der Waals surface area contributed by atoms with Crippen LogP contribution in [0.15, 0.2) is 18.5 Å². The maximum Gasteiger partial charge on any atom is 0.146 e. The van der Waals surface area contributed by atoms with Gasteiger partial charge >= 0.3 is 0 Å². The molecule has 0 aromatic carbocycles. The Bertz CT molecular complexity index is 885.